The molecule has 6 nitrogen and oxygen atoms in total. The van der Waals surface area contributed by atoms with E-state index in [0.717, 1.165) is 38.8 Å². The van der Waals surface area contributed by atoms with Crippen LogP contribution in [0.1, 0.15) is 36.0 Å². The summed E-state index contributed by atoms with van der Waals surface area (Å²) in [6, 6.07) is 6.21. The third kappa shape index (κ3) is 3.78. The Balaban J connectivity index is 2.16. The van der Waals surface area contributed by atoms with E-state index in [1.54, 1.807) is 12.1 Å². The summed E-state index contributed by atoms with van der Waals surface area (Å²) >= 11 is 0. The molecule has 0 spiro atoms. The molecular weight excluding hydrogens is 270 g/mol. The number of nitrogens with one attached hydrogen (secondary N) is 1. The van der Waals surface area contributed by atoms with Crippen LogP contribution in [0, 0.1) is 10.1 Å². The van der Waals surface area contributed by atoms with Gasteiger partial charge in [-0.25, -0.2) is 0 Å². The zero-order chi connectivity index (χ0) is 15.2. The summed E-state index contributed by atoms with van der Waals surface area (Å²) in [7, 11) is 1.90. The lowest BCUT2D eigenvalue weighted by molar-refractivity contribution is -0.384. The van der Waals surface area contributed by atoms with E-state index in [9.17, 15) is 14.9 Å². The summed E-state index contributed by atoms with van der Waals surface area (Å²) in [5.74, 6) is -0.0977. The molecule has 1 aliphatic rings. The predicted octanol–water partition coefficient (Wildman–Crippen LogP) is 2.20. The van der Waals surface area contributed by atoms with Crippen molar-refractivity contribution in [1.29, 1.82) is 0 Å². The lowest BCUT2D eigenvalue weighted by Crippen LogP contribution is -2.44. The van der Waals surface area contributed by atoms with E-state index in [0.29, 0.717) is 5.56 Å². The minimum absolute atomic E-state index is 0.0374. The molecule has 0 radical (unpaired) electrons. The topological polar surface area (TPSA) is 75.5 Å². The molecule has 1 amide bonds. The zero-order valence-electron chi connectivity index (χ0n) is 12.2. The van der Waals surface area contributed by atoms with Crippen molar-refractivity contribution >= 4 is 11.6 Å². The average Bonchev–Trinajstić information content (AvgIpc) is 2.52. The minimum Gasteiger partial charge on any atom is -0.336 e. The van der Waals surface area contributed by atoms with Gasteiger partial charge in [-0.1, -0.05) is 6.07 Å². The van der Waals surface area contributed by atoms with Crippen LogP contribution in [0.15, 0.2) is 24.3 Å². The molecule has 1 atom stereocenters. The number of likely N-dealkylation sites (tertiary alicyclic amines) is 1. The van der Waals surface area contributed by atoms with Crippen LogP contribution in [0.3, 0.4) is 0 Å². The smallest absolute Gasteiger partial charge is 0.270 e. The minimum atomic E-state index is -0.467. The Bertz CT molecular complexity index is 519. The summed E-state index contributed by atoms with van der Waals surface area (Å²) in [4.78, 5) is 24.9. The van der Waals surface area contributed by atoms with Crippen molar-refractivity contribution in [2.75, 3.05) is 20.1 Å². The maximum absolute atomic E-state index is 12.6. The molecule has 0 aromatic heterocycles. The summed E-state index contributed by atoms with van der Waals surface area (Å²) in [5.41, 5.74) is 0.366. The van der Waals surface area contributed by atoms with Gasteiger partial charge in [0.15, 0.2) is 0 Å². The lowest BCUT2D eigenvalue weighted by Gasteiger charge is -2.36. The van der Waals surface area contributed by atoms with E-state index in [2.05, 4.69) is 5.32 Å². The van der Waals surface area contributed by atoms with Gasteiger partial charge in [0, 0.05) is 30.3 Å². The van der Waals surface area contributed by atoms with Crippen molar-refractivity contribution in [3.8, 4) is 0 Å². The molecule has 0 aliphatic carbocycles. The Morgan fingerprint density at radius 3 is 3.00 bits per heavy atom. The first-order chi connectivity index (χ1) is 10.1. The van der Waals surface area contributed by atoms with Crippen molar-refractivity contribution in [2.24, 2.45) is 0 Å². The molecule has 6 heteroatoms. The van der Waals surface area contributed by atoms with Gasteiger partial charge in [-0.05, 0) is 45.3 Å². The largest absolute Gasteiger partial charge is 0.336 e. The number of non-ortho nitro benzene ring substituents is 1. The molecule has 21 heavy (non-hydrogen) atoms. The highest BCUT2D eigenvalue weighted by Crippen LogP contribution is 2.23. The molecule has 1 aliphatic heterocycles. The van der Waals surface area contributed by atoms with Gasteiger partial charge in [0.05, 0.1) is 4.92 Å². The van der Waals surface area contributed by atoms with Gasteiger partial charge >= 0.3 is 0 Å². The number of nitrogens with zero attached hydrogens (tertiary/aromatic N) is 2. The first-order valence-corrected chi connectivity index (χ1v) is 7.33. The van der Waals surface area contributed by atoms with Crippen LogP contribution >= 0.6 is 0 Å². The number of rotatable bonds is 5. The number of carbonyl (C=O) groups is 1. The number of hydrogen-bond acceptors (Lipinski definition) is 4. The van der Waals surface area contributed by atoms with Crippen molar-refractivity contribution in [3.63, 3.8) is 0 Å². The Kier molecular flexibility index (Phi) is 5.27. The second kappa shape index (κ2) is 7.17. The average molecular weight is 291 g/mol. The second-order valence-corrected chi connectivity index (χ2v) is 5.35. The molecule has 1 fully saturated rings. The van der Waals surface area contributed by atoms with Gasteiger partial charge in [-0.3, -0.25) is 14.9 Å². The van der Waals surface area contributed by atoms with E-state index in [1.165, 1.54) is 12.1 Å². The zero-order valence-corrected chi connectivity index (χ0v) is 12.2. The normalized spacial score (nSPS) is 18.5. The van der Waals surface area contributed by atoms with Gasteiger partial charge in [0.1, 0.15) is 0 Å². The second-order valence-electron chi connectivity index (χ2n) is 5.35. The summed E-state index contributed by atoms with van der Waals surface area (Å²) < 4.78 is 0. The van der Waals surface area contributed by atoms with E-state index in [4.69, 9.17) is 0 Å². The number of piperidine rings is 1. The van der Waals surface area contributed by atoms with Crippen molar-refractivity contribution in [2.45, 2.75) is 31.7 Å². The highest BCUT2D eigenvalue weighted by Gasteiger charge is 2.27. The molecule has 1 heterocycles. The number of benzene rings is 1. The van der Waals surface area contributed by atoms with Crippen molar-refractivity contribution in [1.82, 2.24) is 10.2 Å². The van der Waals surface area contributed by atoms with Crippen LogP contribution in [0.2, 0.25) is 0 Å². The number of nitro benzene ring substituents is 1. The van der Waals surface area contributed by atoms with Gasteiger partial charge in [-0.15, -0.1) is 0 Å². The number of nitro groups is 1. The van der Waals surface area contributed by atoms with Crippen LogP contribution < -0.4 is 5.32 Å². The Labute approximate surface area is 124 Å². The van der Waals surface area contributed by atoms with Crippen LogP contribution in [-0.2, 0) is 0 Å². The molecule has 0 saturated carbocycles. The van der Waals surface area contributed by atoms with Gasteiger partial charge in [0.25, 0.3) is 11.6 Å². The quantitative estimate of drug-likeness (QED) is 0.666. The van der Waals surface area contributed by atoms with Crippen LogP contribution in [0.25, 0.3) is 0 Å². The Hall–Kier alpha value is -1.95. The number of amides is 1. The molecule has 2 rings (SSSR count). The first kappa shape index (κ1) is 15.4. The molecule has 0 bridgehead atoms. The van der Waals surface area contributed by atoms with Crippen LogP contribution in [-0.4, -0.2) is 41.9 Å². The van der Waals surface area contributed by atoms with Gasteiger partial charge < -0.3 is 10.2 Å². The maximum Gasteiger partial charge on any atom is 0.270 e. The maximum atomic E-state index is 12.6. The molecule has 114 valence electrons. The summed E-state index contributed by atoms with van der Waals surface area (Å²) in [6.45, 7) is 1.60. The van der Waals surface area contributed by atoms with Crippen molar-refractivity contribution < 1.29 is 9.72 Å². The first-order valence-electron chi connectivity index (χ1n) is 7.33. The molecule has 1 aromatic carbocycles. The fraction of sp³-hybridized carbons (Fsp3) is 0.533. The van der Waals surface area contributed by atoms with E-state index >= 15 is 0 Å². The Morgan fingerprint density at radius 1 is 1.48 bits per heavy atom. The van der Waals surface area contributed by atoms with Crippen molar-refractivity contribution in [3.05, 3.63) is 39.9 Å². The monoisotopic (exact) mass is 291 g/mol. The third-order valence-corrected chi connectivity index (χ3v) is 3.92. The molecule has 1 unspecified atom stereocenters. The standard InChI is InChI=1S/C15H21N3O3/c1-16-9-8-13-6-2-3-10-17(13)15(19)12-5-4-7-14(11-12)18(20)21/h4-5,7,11,13,16H,2-3,6,8-10H2,1H3. The predicted molar refractivity (Wildman–Crippen MR) is 80.3 cm³/mol. The lowest BCUT2D eigenvalue weighted by atomic mass is 9.98. The van der Waals surface area contributed by atoms with E-state index in [-0.39, 0.29) is 17.6 Å². The SMILES string of the molecule is CNCCC1CCCCN1C(=O)c1cccc([N+](=O)[O-])c1. The number of hydrogen-bond donors (Lipinski definition) is 1. The fourth-order valence-corrected chi connectivity index (χ4v) is 2.80. The number of carbonyl (C=O) groups excluding carboxylic acids is 1. The third-order valence-electron chi connectivity index (χ3n) is 3.92. The van der Waals surface area contributed by atoms with E-state index < -0.39 is 4.92 Å². The summed E-state index contributed by atoms with van der Waals surface area (Å²) in [5, 5.41) is 13.9. The van der Waals surface area contributed by atoms with Crippen LogP contribution in [0.5, 0.6) is 0 Å². The summed E-state index contributed by atoms with van der Waals surface area (Å²) in [6.07, 6.45) is 4.04. The fourth-order valence-electron chi connectivity index (χ4n) is 2.80. The highest BCUT2D eigenvalue weighted by atomic mass is 16.6. The molecule has 1 saturated heterocycles. The molecular formula is C15H21N3O3. The molecule has 1 aromatic rings. The van der Waals surface area contributed by atoms with Crippen LogP contribution in [0.4, 0.5) is 5.69 Å². The van der Waals surface area contributed by atoms with Gasteiger partial charge in [0.2, 0.25) is 0 Å². The molecule has 1 N–H and O–H groups in total. The Morgan fingerprint density at radius 2 is 2.29 bits per heavy atom. The van der Waals surface area contributed by atoms with E-state index in [1.807, 2.05) is 11.9 Å². The highest BCUT2D eigenvalue weighted by molar-refractivity contribution is 5.95. The van der Waals surface area contributed by atoms with Gasteiger partial charge in [-0.2, -0.15) is 0 Å².